The molecule has 0 aliphatic rings. The van der Waals surface area contributed by atoms with Crippen molar-refractivity contribution in [2.75, 3.05) is 0 Å². The van der Waals surface area contributed by atoms with Crippen LogP contribution in [0.2, 0.25) is 0 Å². The van der Waals surface area contributed by atoms with Crippen molar-refractivity contribution in [2.24, 2.45) is 0 Å². The molecule has 5 nitrogen and oxygen atoms in total. The van der Waals surface area contributed by atoms with Crippen LogP contribution in [-0.2, 0) is 0 Å². The summed E-state index contributed by atoms with van der Waals surface area (Å²) >= 11 is 0. The standard InChI is InChI=1S/C58H41N5Si/c1-40-20-8-17-37-55(40)64(44-25-6-3-7-26-44,45-27-18-23-42(38-45)41-21-4-2-5-22-41)46-28-19-24-43(39-46)56-59-57(62-51-33-13-9-29-47(51)48-30-10-14-34-52(48)62)61-58(60-56)63-53-35-15-11-31-49(53)50-32-12-16-36-54(50)63/h2-39H,1H3/i2D,4D,5D,9D,10D,11D,12D,13D,14D,15D,16D,19D,21D,22D,24D,28D,29D,30D,31D,32D,33D,34D,35D,36D,39D. The third-order valence-electron chi connectivity index (χ3n) is 11.1. The molecule has 0 aliphatic carbocycles. The Kier molecular flexibility index (Phi) is 4.76. The molecular weight excluding hydrogens is 795 g/mol. The van der Waals surface area contributed by atoms with Gasteiger partial charge in [0.05, 0.1) is 56.3 Å². The van der Waals surface area contributed by atoms with Gasteiger partial charge in [-0.2, -0.15) is 15.0 Å². The number of fused-ring (bicyclic) bond motifs is 6. The summed E-state index contributed by atoms with van der Waals surface area (Å²) < 4.78 is 231. The van der Waals surface area contributed by atoms with Crippen LogP contribution in [0, 0.1) is 6.92 Å². The van der Waals surface area contributed by atoms with Crippen molar-refractivity contribution in [1.29, 1.82) is 0 Å². The highest BCUT2D eigenvalue weighted by molar-refractivity contribution is 7.20. The fourth-order valence-corrected chi connectivity index (χ4v) is 13.2. The summed E-state index contributed by atoms with van der Waals surface area (Å²) in [6, 6.07) is 3.10. The lowest BCUT2D eigenvalue weighted by molar-refractivity contribution is 0.893. The fourth-order valence-electron chi connectivity index (χ4n) is 8.44. The highest BCUT2D eigenvalue weighted by Crippen LogP contribution is 2.34. The molecule has 0 bridgehead atoms. The number of nitrogens with zero attached hydrogens (tertiary/aromatic N) is 5. The molecule has 1 unspecified atom stereocenters. The molecule has 0 fully saturated rings. The Labute approximate surface area is 407 Å². The zero-order valence-corrected chi connectivity index (χ0v) is 34.2. The smallest absolute Gasteiger partial charge is 0.240 e. The van der Waals surface area contributed by atoms with E-state index in [0.717, 1.165) is 9.13 Å². The maximum Gasteiger partial charge on any atom is 0.240 e. The van der Waals surface area contributed by atoms with Gasteiger partial charge in [-0.05, 0) is 63.0 Å². The van der Waals surface area contributed by atoms with Gasteiger partial charge in [0.15, 0.2) is 13.9 Å². The van der Waals surface area contributed by atoms with E-state index in [0.29, 0.717) is 21.1 Å². The molecule has 0 amide bonds. The summed E-state index contributed by atoms with van der Waals surface area (Å²) in [5, 5.41) is -0.656. The first kappa shape index (κ1) is 19.9. The van der Waals surface area contributed by atoms with Gasteiger partial charge in [-0.1, -0.05) is 211 Å². The van der Waals surface area contributed by atoms with Crippen LogP contribution < -0.4 is 20.7 Å². The molecule has 3 heterocycles. The van der Waals surface area contributed by atoms with E-state index in [1.807, 2.05) is 0 Å². The Balaban J connectivity index is 1.32. The number of hydrogen-bond acceptors (Lipinski definition) is 3. The average molecular weight is 861 g/mol. The van der Waals surface area contributed by atoms with E-state index >= 15 is 0 Å². The van der Waals surface area contributed by atoms with Crippen LogP contribution in [0.25, 0.3) is 78.0 Å². The van der Waals surface area contributed by atoms with Gasteiger partial charge in [-0.25, -0.2) is 0 Å². The van der Waals surface area contributed by atoms with Crippen molar-refractivity contribution in [3.63, 3.8) is 0 Å². The number of aromatic nitrogens is 5. The lowest BCUT2D eigenvalue weighted by Gasteiger charge is -2.36. The molecule has 64 heavy (non-hydrogen) atoms. The second kappa shape index (κ2) is 15.3. The lowest BCUT2D eigenvalue weighted by atomic mass is 10.1. The van der Waals surface area contributed by atoms with Crippen molar-refractivity contribution >= 4 is 72.4 Å². The predicted octanol–water partition coefficient (Wildman–Crippen LogP) is 11.1. The third-order valence-corrected chi connectivity index (χ3v) is 15.9. The molecule has 12 rings (SSSR count). The van der Waals surface area contributed by atoms with Crippen LogP contribution in [0.5, 0.6) is 0 Å². The molecular formula is C58H41N5Si. The Morgan fingerprint density at radius 3 is 1.48 bits per heavy atom. The van der Waals surface area contributed by atoms with E-state index in [1.54, 1.807) is 79.7 Å². The quantitative estimate of drug-likeness (QED) is 0.113. The van der Waals surface area contributed by atoms with Crippen molar-refractivity contribution in [1.82, 2.24) is 24.1 Å². The van der Waals surface area contributed by atoms with Crippen LogP contribution in [0.15, 0.2) is 230 Å². The normalized spacial score (nSPS) is 18.0. The van der Waals surface area contributed by atoms with Crippen LogP contribution in [-0.4, -0.2) is 32.2 Å². The summed E-state index contributed by atoms with van der Waals surface area (Å²) in [4.78, 5) is 14.4. The number of para-hydroxylation sites is 4. The molecule has 0 radical (unpaired) electrons. The molecule has 9 aromatic carbocycles. The molecule has 0 saturated heterocycles. The second-order valence-electron chi connectivity index (χ2n) is 14.6. The molecule has 3 aromatic heterocycles. The first-order valence-electron chi connectivity index (χ1n) is 32.2. The molecule has 6 heteroatoms. The predicted molar refractivity (Wildman–Crippen MR) is 268 cm³/mol. The van der Waals surface area contributed by atoms with Gasteiger partial charge in [0.25, 0.3) is 0 Å². The average Bonchev–Trinajstić information content (AvgIpc) is 1.70. The first-order valence-corrected chi connectivity index (χ1v) is 21.7. The molecule has 1 atom stereocenters. The van der Waals surface area contributed by atoms with E-state index in [1.165, 1.54) is 6.07 Å². The summed E-state index contributed by atoms with van der Waals surface area (Å²) in [7, 11) is -4.52. The molecule has 302 valence electrons. The number of rotatable bonds is 8. The minimum Gasteiger partial charge on any atom is -0.278 e. The van der Waals surface area contributed by atoms with E-state index in [2.05, 4.69) is 0 Å². The lowest BCUT2D eigenvalue weighted by Crippen LogP contribution is -2.75. The van der Waals surface area contributed by atoms with Crippen molar-refractivity contribution in [3.05, 3.63) is 235 Å². The van der Waals surface area contributed by atoms with Gasteiger partial charge in [0, 0.05) is 27.1 Å². The van der Waals surface area contributed by atoms with Gasteiger partial charge >= 0.3 is 0 Å². The largest absolute Gasteiger partial charge is 0.278 e. The van der Waals surface area contributed by atoms with E-state index < -0.39 is 226 Å². The van der Waals surface area contributed by atoms with Crippen LogP contribution in [0.1, 0.15) is 39.8 Å². The van der Waals surface area contributed by atoms with Crippen molar-refractivity contribution < 1.29 is 34.3 Å². The first-order chi connectivity index (χ1) is 42.0. The number of benzene rings is 9. The summed E-state index contributed by atoms with van der Waals surface area (Å²) in [6.07, 6.45) is 0. The van der Waals surface area contributed by atoms with Crippen LogP contribution in [0.3, 0.4) is 0 Å². The summed E-state index contributed by atoms with van der Waals surface area (Å²) in [5.74, 6) is -2.40. The third kappa shape index (κ3) is 5.95. The maximum atomic E-state index is 10.7. The van der Waals surface area contributed by atoms with Gasteiger partial charge in [0.1, 0.15) is 0 Å². The maximum absolute atomic E-state index is 10.7. The Hall–Kier alpha value is -8.19. The Morgan fingerprint density at radius 2 is 0.906 bits per heavy atom. The monoisotopic (exact) mass is 860 g/mol. The molecule has 0 aliphatic heterocycles. The summed E-state index contributed by atoms with van der Waals surface area (Å²) in [6.45, 7) is 1.78. The van der Waals surface area contributed by atoms with Crippen LogP contribution >= 0.6 is 0 Å². The minimum atomic E-state index is -4.52. The van der Waals surface area contributed by atoms with Crippen molar-refractivity contribution in [2.45, 2.75) is 6.92 Å². The fraction of sp³-hybridized carbons (Fsp3) is 0.0172. The van der Waals surface area contributed by atoms with E-state index in [-0.39, 0.29) is 16.3 Å². The van der Waals surface area contributed by atoms with E-state index in [9.17, 15) is 16.4 Å². The highest BCUT2D eigenvalue weighted by atomic mass is 28.3. The van der Waals surface area contributed by atoms with Gasteiger partial charge in [0.2, 0.25) is 11.9 Å². The molecule has 12 aromatic rings. The SMILES string of the molecule is [2H]c1c([2H])c([2H])c(-c2cccc([Si](c3ccccc3)(c3ccccc3C)c3c([2H])c([2H])c([2H])c(-c4nc(-n5c6c([2H])c([2H])c([2H])c([2H])c6c6c([2H])c([2H])c([2H])c([2H])c65)nc(-n5c6c([2H])c([2H])c([2H])c([2H])c6c6c([2H])c([2H])c([2H])c([2H])c65)n4)c3[2H])c2)c([2H])c1[2H]. The molecule has 0 saturated carbocycles. The highest BCUT2D eigenvalue weighted by Gasteiger charge is 2.43. The van der Waals surface area contributed by atoms with Gasteiger partial charge in [-0.3, -0.25) is 9.13 Å². The zero-order chi connectivity index (χ0) is 64.4. The number of aryl methyl sites for hydroxylation is 1. The van der Waals surface area contributed by atoms with E-state index in [4.69, 9.17) is 32.8 Å². The molecule has 0 N–H and O–H groups in total. The zero-order valence-electron chi connectivity index (χ0n) is 58.2. The van der Waals surface area contributed by atoms with Gasteiger partial charge < -0.3 is 0 Å². The Morgan fingerprint density at radius 1 is 0.406 bits per heavy atom. The minimum absolute atomic E-state index is 0.137. The number of hydrogen-bond donors (Lipinski definition) is 0. The topological polar surface area (TPSA) is 48.5 Å². The van der Waals surface area contributed by atoms with Crippen LogP contribution in [0.4, 0.5) is 0 Å². The molecule has 0 spiro atoms. The summed E-state index contributed by atoms with van der Waals surface area (Å²) in [5.41, 5.74) is -2.25. The van der Waals surface area contributed by atoms with Crippen molar-refractivity contribution in [3.8, 4) is 34.4 Å². The Bertz CT molecular complexity index is 4820. The second-order valence-corrected chi connectivity index (χ2v) is 18.3. The van der Waals surface area contributed by atoms with Gasteiger partial charge in [-0.15, -0.1) is 0 Å².